The van der Waals surface area contributed by atoms with Crippen LogP contribution in [0.3, 0.4) is 0 Å². The van der Waals surface area contributed by atoms with Crippen molar-refractivity contribution in [3.05, 3.63) is 35.4 Å². The van der Waals surface area contributed by atoms with Gasteiger partial charge in [0, 0.05) is 12.6 Å². The van der Waals surface area contributed by atoms with Gasteiger partial charge in [-0.2, -0.15) is 11.8 Å². The predicted molar refractivity (Wildman–Crippen MR) is 84.9 cm³/mol. The van der Waals surface area contributed by atoms with Crippen molar-refractivity contribution in [1.29, 1.82) is 0 Å². The van der Waals surface area contributed by atoms with E-state index in [9.17, 15) is 18.7 Å². The van der Waals surface area contributed by atoms with Gasteiger partial charge in [0.15, 0.2) is 0 Å². The molecule has 3 N–H and O–H groups in total. The minimum Gasteiger partial charge on any atom is -0.386 e. The number of urea groups is 1. The molecule has 0 aliphatic heterocycles. The fourth-order valence-electron chi connectivity index (χ4n) is 1.87. The first-order valence-electron chi connectivity index (χ1n) is 7.19. The normalized spacial score (nSPS) is 13.5. The molecule has 0 aliphatic rings. The number of amides is 2. The average molecular weight is 332 g/mol. The summed E-state index contributed by atoms with van der Waals surface area (Å²) in [5.74, 6) is 0.305. The zero-order chi connectivity index (χ0) is 16.5. The second-order valence-electron chi connectivity index (χ2n) is 4.89. The number of aliphatic hydroxyl groups is 1. The van der Waals surface area contributed by atoms with Gasteiger partial charge in [-0.1, -0.05) is 13.0 Å². The van der Waals surface area contributed by atoms with Crippen LogP contribution in [0.2, 0.25) is 0 Å². The fraction of sp³-hybridized carbons (Fsp3) is 0.533. The largest absolute Gasteiger partial charge is 0.386 e. The quantitative estimate of drug-likeness (QED) is 0.642. The summed E-state index contributed by atoms with van der Waals surface area (Å²) >= 11 is 1.79. The molecule has 7 heteroatoms. The van der Waals surface area contributed by atoms with Gasteiger partial charge in [0.2, 0.25) is 0 Å². The third-order valence-electron chi connectivity index (χ3n) is 3.07. The van der Waals surface area contributed by atoms with E-state index in [-0.39, 0.29) is 12.6 Å². The van der Waals surface area contributed by atoms with E-state index in [1.807, 2.05) is 6.92 Å². The molecule has 0 aliphatic carbocycles. The van der Waals surface area contributed by atoms with Gasteiger partial charge >= 0.3 is 6.03 Å². The van der Waals surface area contributed by atoms with Crippen LogP contribution in [-0.4, -0.2) is 35.2 Å². The van der Waals surface area contributed by atoms with Crippen LogP contribution in [0.15, 0.2) is 18.2 Å². The lowest BCUT2D eigenvalue weighted by Crippen LogP contribution is -2.42. The van der Waals surface area contributed by atoms with Crippen LogP contribution < -0.4 is 10.6 Å². The number of halogens is 2. The highest BCUT2D eigenvalue weighted by atomic mass is 32.2. The molecule has 0 heterocycles. The Kier molecular flexibility index (Phi) is 8.19. The lowest BCUT2D eigenvalue weighted by Gasteiger charge is -2.17. The third kappa shape index (κ3) is 6.19. The summed E-state index contributed by atoms with van der Waals surface area (Å²) in [7, 11) is 0. The Morgan fingerprint density at radius 2 is 2.00 bits per heavy atom. The number of benzene rings is 1. The highest BCUT2D eigenvalue weighted by Crippen LogP contribution is 2.19. The highest BCUT2D eigenvalue weighted by Gasteiger charge is 2.18. The zero-order valence-corrected chi connectivity index (χ0v) is 13.6. The first kappa shape index (κ1) is 18.7. The SMILES string of the molecule is CCSCCC(C)NC(=O)NCC(O)c1c(F)cccc1F. The van der Waals surface area contributed by atoms with Gasteiger partial charge in [0.05, 0.1) is 5.56 Å². The minimum absolute atomic E-state index is 0.0126. The number of carbonyl (C=O) groups excluding carboxylic acids is 1. The molecule has 0 aromatic heterocycles. The van der Waals surface area contributed by atoms with Gasteiger partial charge in [-0.15, -0.1) is 0 Å². The molecular weight excluding hydrogens is 310 g/mol. The summed E-state index contributed by atoms with van der Waals surface area (Å²) < 4.78 is 27.0. The van der Waals surface area contributed by atoms with Crippen LogP contribution >= 0.6 is 11.8 Å². The van der Waals surface area contributed by atoms with Crippen LogP contribution in [0, 0.1) is 11.6 Å². The van der Waals surface area contributed by atoms with E-state index in [0.717, 1.165) is 30.1 Å². The van der Waals surface area contributed by atoms with Crippen LogP contribution in [-0.2, 0) is 0 Å². The topological polar surface area (TPSA) is 61.4 Å². The molecule has 2 unspecified atom stereocenters. The Morgan fingerprint density at radius 3 is 2.59 bits per heavy atom. The number of aliphatic hydroxyl groups excluding tert-OH is 1. The fourth-order valence-corrected chi connectivity index (χ4v) is 2.68. The number of hydrogen-bond acceptors (Lipinski definition) is 3. The molecule has 1 aromatic rings. The van der Waals surface area contributed by atoms with Crippen LogP contribution in [0.4, 0.5) is 13.6 Å². The van der Waals surface area contributed by atoms with E-state index in [2.05, 4.69) is 17.6 Å². The Hall–Kier alpha value is -1.34. The molecule has 0 spiro atoms. The number of rotatable bonds is 8. The summed E-state index contributed by atoms with van der Waals surface area (Å²) in [5.41, 5.74) is -0.435. The van der Waals surface area contributed by atoms with Crippen LogP contribution in [0.5, 0.6) is 0 Å². The Balaban J connectivity index is 2.40. The van der Waals surface area contributed by atoms with Gasteiger partial charge in [-0.05, 0) is 37.0 Å². The first-order chi connectivity index (χ1) is 10.5. The molecule has 2 atom stereocenters. The molecule has 0 radical (unpaired) electrons. The van der Waals surface area contributed by atoms with Gasteiger partial charge in [-0.3, -0.25) is 0 Å². The summed E-state index contributed by atoms with van der Waals surface area (Å²) in [6.07, 6.45) is -0.603. The molecule has 22 heavy (non-hydrogen) atoms. The second-order valence-corrected chi connectivity index (χ2v) is 6.29. The van der Waals surface area contributed by atoms with Gasteiger partial charge < -0.3 is 15.7 Å². The first-order valence-corrected chi connectivity index (χ1v) is 8.35. The van der Waals surface area contributed by atoms with Crippen molar-refractivity contribution in [1.82, 2.24) is 10.6 Å². The summed E-state index contributed by atoms with van der Waals surface area (Å²) in [5, 5.41) is 14.9. The average Bonchev–Trinajstić information content (AvgIpc) is 2.45. The monoisotopic (exact) mass is 332 g/mol. The molecule has 4 nitrogen and oxygen atoms in total. The molecule has 0 fully saturated rings. The Labute approximate surface area is 133 Å². The maximum atomic E-state index is 13.5. The van der Waals surface area contributed by atoms with Crippen molar-refractivity contribution in [2.75, 3.05) is 18.1 Å². The number of thioether (sulfide) groups is 1. The van der Waals surface area contributed by atoms with Gasteiger partial charge in [-0.25, -0.2) is 13.6 Å². The van der Waals surface area contributed by atoms with Gasteiger partial charge in [0.25, 0.3) is 0 Å². The lowest BCUT2D eigenvalue weighted by molar-refractivity contribution is 0.164. The smallest absolute Gasteiger partial charge is 0.315 e. The van der Waals surface area contributed by atoms with Crippen molar-refractivity contribution >= 4 is 17.8 Å². The van der Waals surface area contributed by atoms with E-state index in [0.29, 0.717) is 0 Å². The maximum absolute atomic E-state index is 13.5. The summed E-state index contributed by atoms with van der Waals surface area (Å²) in [4.78, 5) is 11.7. The van der Waals surface area contributed by atoms with Crippen molar-refractivity contribution in [2.24, 2.45) is 0 Å². The predicted octanol–water partition coefficient (Wildman–Crippen LogP) is 2.83. The van der Waals surface area contributed by atoms with Crippen LogP contribution in [0.1, 0.15) is 31.9 Å². The lowest BCUT2D eigenvalue weighted by atomic mass is 10.1. The Bertz CT molecular complexity index is 468. The molecule has 124 valence electrons. The van der Waals surface area contributed by atoms with Crippen molar-refractivity contribution < 1.29 is 18.7 Å². The van der Waals surface area contributed by atoms with E-state index in [1.54, 1.807) is 11.8 Å². The standard InChI is InChI=1S/C15H22F2N2O2S/c1-3-22-8-7-10(2)19-15(21)18-9-13(20)14-11(16)5-4-6-12(14)17/h4-6,10,13,20H,3,7-9H2,1-2H3,(H2,18,19,21). The second kappa shape index (κ2) is 9.63. The molecule has 1 rings (SSSR count). The van der Waals surface area contributed by atoms with Crippen LogP contribution in [0.25, 0.3) is 0 Å². The number of carbonyl (C=O) groups is 1. The molecule has 2 amide bonds. The van der Waals surface area contributed by atoms with E-state index in [4.69, 9.17) is 0 Å². The highest BCUT2D eigenvalue weighted by molar-refractivity contribution is 7.99. The summed E-state index contributed by atoms with van der Waals surface area (Å²) in [6.45, 7) is 3.68. The van der Waals surface area contributed by atoms with E-state index < -0.39 is 29.3 Å². The zero-order valence-electron chi connectivity index (χ0n) is 12.7. The Morgan fingerprint density at radius 1 is 1.36 bits per heavy atom. The third-order valence-corrected chi connectivity index (χ3v) is 4.00. The molecule has 1 aromatic carbocycles. The number of nitrogens with one attached hydrogen (secondary N) is 2. The van der Waals surface area contributed by atoms with Crippen molar-refractivity contribution in [2.45, 2.75) is 32.4 Å². The molecule has 0 bridgehead atoms. The van der Waals surface area contributed by atoms with Crippen molar-refractivity contribution in [3.8, 4) is 0 Å². The summed E-state index contributed by atoms with van der Waals surface area (Å²) in [6, 6.07) is 2.87. The number of hydrogen-bond donors (Lipinski definition) is 3. The molecular formula is C15H22F2N2O2S. The molecule has 0 saturated carbocycles. The van der Waals surface area contributed by atoms with E-state index >= 15 is 0 Å². The maximum Gasteiger partial charge on any atom is 0.315 e. The van der Waals surface area contributed by atoms with Gasteiger partial charge in [0.1, 0.15) is 17.7 Å². The van der Waals surface area contributed by atoms with Crippen molar-refractivity contribution in [3.63, 3.8) is 0 Å². The molecule has 0 saturated heterocycles. The minimum atomic E-state index is -1.43. The van der Waals surface area contributed by atoms with E-state index in [1.165, 1.54) is 6.07 Å².